The topological polar surface area (TPSA) is 47.6 Å². The zero-order valence-electron chi connectivity index (χ0n) is 6.77. The van der Waals surface area contributed by atoms with E-state index in [2.05, 4.69) is 5.16 Å². The Bertz CT molecular complexity index is 221. The van der Waals surface area contributed by atoms with Gasteiger partial charge in [-0.1, -0.05) is 11.2 Å². The summed E-state index contributed by atoms with van der Waals surface area (Å²) in [6.45, 7) is 1.24. The summed E-state index contributed by atoms with van der Waals surface area (Å²) in [6, 6.07) is 3.96. The highest BCUT2D eigenvalue weighted by Crippen LogP contribution is 2.04. The van der Waals surface area contributed by atoms with Gasteiger partial charge in [0.15, 0.2) is 0 Å². The molecule has 66 valence electrons. The molecule has 12 heavy (non-hydrogen) atoms. The van der Waals surface area contributed by atoms with E-state index in [1.165, 1.54) is 0 Å². The van der Waals surface area contributed by atoms with E-state index in [1.54, 1.807) is 17.6 Å². The molecule has 0 spiro atoms. The molecule has 3 nitrogen and oxygen atoms in total. The van der Waals surface area contributed by atoms with Crippen LogP contribution in [0.5, 0.6) is 0 Å². The van der Waals surface area contributed by atoms with Gasteiger partial charge in [-0.15, -0.1) is 11.3 Å². The quantitative estimate of drug-likeness (QED) is 0.427. The predicted octanol–water partition coefficient (Wildman–Crippen LogP) is 1.45. The third-order valence-corrected chi connectivity index (χ3v) is 2.04. The van der Waals surface area contributed by atoms with Gasteiger partial charge in [0.25, 0.3) is 0 Å². The predicted molar refractivity (Wildman–Crippen MR) is 51.5 cm³/mol. The number of oxime groups is 1. The van der Waals surface area contributed by atoms with Crippen molar-refractivity contribution in [3.8, 4) is 0 Å². The van der Waals surface area contributed by atoms with E-state index in [1.807, 2.05) is 17.5 Å². The molecule has 1 aromatic rings. The molecule has 0 amide bonds. The molecular formula is C8H12N2OS. The largest absolute Gasteiger partial charge is 0.396 e. The minimum Gasteiger partial charge on any atom is -0.396 e. The van der Waals surface area contributed by atoms with Gasteiger partial charge >= 0.3 is 0 Å². The molecule has 2 N–H and O–H groups in total. The number of rotatable bonds is 5. The molecule has 0 saturated carbocycles. The third kappa shape index (κ3) is 3.50. The molecule has 0 aromatic carbocycles. The first-order chi connectivity index (χ1) is 5.93. The Morgan fingerprint density at radius 3 is 3.25 bits per heavy atom. The Morgan fingerprint density at radius 2 is 2.58 bits per heavy atom. The van der Waals surface area contributed by atoms with Gasteiger partial charge in [0.1, 0.15) is 6.61 Å². The van der Waals surface area contributed by atoms with Crippen molar-refractivity contribution in [2.75, 3.05) is 13.2 Å². The number of hydrogen-bond donors (Lipinski definition) is 1. The molecule has 0 fully saturated rings. The Hall–Kier alpha value is -0.870. The van der Waals surface area contributed by atoms with Crippen molar-refractivity contribution in [2.24, 2.45) is 10.9 Å². The second-order valence-electron chi connectivity index (χ2n) is 2.23. The van der Waals surface area contributed by atoms with Gasteiger partial charge in [-0.3, -0.25) is 0 Å². The molecule has 4 heteroatoms. The van der Waals surface area contributed by atoms with Crippen LogP contribution >= 0.6 is 11.3 Å². The molecule has 1 heterocycles. The van der Waals surface area contributed by atoms with Crippen LogP contribution in [0.25, 0.3) is 0 Å². The van der Waals surface area contributed by atoms with Crippen molar-refractivity contribution in [1.29, 1.82) is 0 Å². The molecule has 1 rings (SSSR count). The maximum Gasteiger partial charge on any atom is 0.118 e. The van der Waals surface area contributed by atoms with Crippen LogP contribution in [0.4, 0.5) is 0 Å². The van der Waals surface area contributed by atoms with Crippen LogP contribution in [-0.4, -0.2) is 19.4 Å². The van der Waals surface area contributed by atoms with Gasteiger partial charge < -0.3 is 10.6 Å². The maximum atomic E-state index is 5.28. The van der Waals surface area contributed by atoms with Crippen LogP contribution in [0.3, 0.4) is 0 Å². The van der Waals surface area contributed by atoms with Gasteiger partial charge in [0, 0.05) is 4.88 Å². The SMILES string of the molecule is NCCCO/N=C/c1cccs1. The van der Waals surface area contributed by atoms with Crippen molar-refractivity contribution in [3.63, 3.8) is 0 Å². The molecular weight excluding hydrogens is 172 g/mol. The summed E-state index contributed by atoms with van der Waals surface area (Å²) >= 11 is 1.63. The van der Waals surface area contributed by atoms with Crippen LogP contribution in [0.2, 0.25) is 0 Å². The Labute approximate surface area is 75.8 Å². The standard InChI is InChI=1S/C8H12N2OS/c9-4-2-5-11-10-7-8-3-1-6-12-8/h1,3,6-7H,2,4-5,9H2/b10-7+. The summed E-state index contributed by atoms with van der Waals surface area (Å²) in [5.74, 6) is 0. The van der Waals surface area contributed by atoms with Crippen LogP contribution in [0, 0.1) is 0 Å². The van der Waals surface area contributed by atoms with E-state index in [9.17, 15) is 0 Å². The highest BCUT2D eigenvalue weighted by atomic mass is 32.1. The minimum absolute atomic E-state index is 0.596. The van der Waals surface area contributed by atoms with Gasteiger partial charge in [-0.2, -0.15) is 0 Å². The number of thiophene rings is 1. The van der Waals surface area contributed by atoms with E-state index in [0.717, 1.165) is 11.3 Å². The average molecular weight is 184 g/mol. The fraction of sp³-hybridized carbons (Fsp3) is 0.375. The maximum absolute atomic E-state index is 5.28. The highest BCUT2D eigenvalue weighted by Gasteiger charge is 1.86. The summed E-state index contributed by atoms with van der Waals surface area (Å²) in [6.07, 6.45) is 2.56. The van der Waals surface area contributed by atoms with Crippen molar-refractivity contribution < 1.29 is 4.84 Å². The zero-order valence-corrected chi connectivity index (χ0v) is 7.59. The van der Waals surface area contributed by atoms with E-state index < -0.39 is 0 Å². The lowest BCUT2D eigenvalue weighted by atomic mass is 10.5. The summed E-state index contributed by atoms with van der Waals surface area (Å²) in [5.41, 5.74) is 5.28. The second kappa shape index (κ2) is 5.74. The lowest BCUT2D eigenvalue weighted by molar-refractivity contribution is 0.145. The van der Waals surface area contributed by atoms with Crippen molar-refractivity contribution in [1.82, 2.24) is 0 Å². The molecule has 0 radical (unpaired) electrons. The molecule has 0 saturated heterocycles. The highest BCUT2D eigenvalue weighted by molar-refractivity contribution is 7.11. The molecule has 0 bridgehead atoms. The van der Waals surface area contributed by atoms with Crippen LogP contribution in [0.1, 0.15) is 11.3 Å². The first-order valence-electron chi connectivity index (χ1n) is 3.82. The summed E-state index contributed by atoms with van der Waals surface area (Å²) in [5, 5.41) is 5.78. The molecule has 0 atom stereocenters. The van der Waals surface area contributed by atoms with Crippen molar-refractivity contribution in [2.45, 2.75) is 6.42 Å². The van der Waals surface area contributed by atoms with Crippen LogP contribution in [-0.2, 0) is 4.84 Å². The number of nitrogens with zero attached hydrogens (tertiary/aromatic N) is 1. The molecule has 0 aliphatic heterocycles. The second-order valence-corrected chi connectivity index (χ2v) is 3.20. The van der Waals surface area contributed by atoms with Crippen LogP contribution in [0.15, 0.2) is 22.7 Å². The van der Waals surface area contributed by atoms with Gasteiger partial charge in [0.2, 0.25) is 0 Å². The van der Waals surface area contributed by atoms with E-state index in [-0.39, 0.29) is 0 Å². The summed E-state index contributed by atoms with van der Waals surface area (Å²) in [7, 11) is 0. The van der Waals surface area contributed by atoms with Gasteiger partial charge in [-0.25, -0.2) is 0 Å². The van der Waals surface area contributed by atoms with Gasteiger partial charge in [0.05, 0.1) is 6.21 Å². The van der Waals surface area contributed by atoms with Crippen molar-refractivity contribution in [3.05, 3.63) is 22.4 Å². The van der Waals surface area contributed by atoms with E-state index >= 15 is 0 Å². The monoisotopic (exact) mass is 184 g/mol. The van der Waals surface area contributed by atoms with E-state index in [4.69, 9.17) is 10.6 Å². The van der Waals surface area contributed by atoms with Crippen molar-refractivity contribution >= 4 is 17.6 Å². The summed E-state index contributed by atoms with van der Waals surface area (Å²) < 4.78 is 0. The first-order valence-corrected chi connectivity index (χ1v) is 4.70. The van der Waals surface area contributed by atoms with E-state index in [0.29, 0.717) is 13.2 Å². The lowest BCUT2D eigenvalue weighted by Gasteiger charge is -1.94. The number of hydrogen-bond acceptors (Lipinski definition) is 4. The average Bonchev–Trinajstić information content (AvgIpc) is 2.57. The third-order valence-electron chi connectivity index (χ3n) is 1.24. The Balaban J connectivity index is 2.14. The minimum atomic E-state index is 0.596. The van der Waals surface area contributed by atoms with Crippen LogP contribution < -0.4 is 5.73 Å². The summed E-state index contributed by atoms with van der Waals surface area (Å²) in [4.78, 5) is 6.04. The molecule has 1 aromatic heterocycles. The zero-order chi connectivity index (χ0) is 8.65. The Morgan fingerprint density at radius 1 is 1.67 bits per heavy atom. The first kappa shape index (κ1) is 9.22. The smallest absolute Gasteiger partial charge is 0.118 e. The molecule has 0 aliphatic rings. The molecule has 0 unspecified atom stereocenters. The normalized spacial score (nSPS) is 10.8. The van der Waals surface area contributed by atoms with Gasteiger partial charge in [-0.05, 0) is 24.4 Å². The number of nitrogens with two attached hydrogens (primary N) is 1. The Kier molecular flexibility index (Phi) is 4.41. The molecule has 0 aliphatic carbocycles. The lowest BCUT2D eigenvalue weighted by Crippen LogP contribution is -2.01. The fourth-order valence-corrected chi connectivity index (χ4v) is 1.23. The fourth-order valence-electron chi connectivity index (χ4n) is 0.655.